The minimum Gasteiger partial charge on any atom is -0.305 e. The predicted octanol–water partition coefficient (Wildman–Crippen LogP) is 4.29. The minimum atomic E-state index is 0.146. The van der Waals surface area contributed by atoms with E-state index in [2.05, 4.69) is 28.5 Å². The van der Waals surface area contributed by atoms with Crippen molar-refractivity contribution in [2.75, 3.05) is 6.54 Å². The molecule has 0 aliphatic carbocycles. The number of nitrogens with one attached hydrogen (secondary N) is 1. The van der Waals surface area contributed by atoms with E-state index < -0.39 is 0 Å². The molecule has 1 aliphatic rings. The first-order valence-corrected chi connectivity index (χ1v) is 7.56. The van der Waals surface area contributed by atoms with Gasteiger partial charge in [0.15, 0.2) is 5.15 Å². The van der Waals surface area contributed by atoms with Crippen LogP contribution in [0, 0.1) is 0 Å². The van der Waals surface area contributed by atoms with E-state index in [-0.39, 0.29) is 6.04 Å². The molecule has 0 spiro atoms. The maximum atomic E-state index is 6.11. The lowest BCUT2D eigenvalue weighted by molar-refractivity contribution is 0.531. The van der Waals surface area contributed by atoms with Crippen molar-refractivity contribution in [1.29, 1.82) is 0 Å². The summed E-state index contributed by atoms with van der Waals surface area (Å²) in [6, 6.07) is 11.8. The summed E-state index contributed by atoms with van der Waals surface area (Å²) in [6.07, 6.45) is 0.864. The average Bonchev–Trinajstić information content (AvgIpc) is 2.49. The fourth-order valence-electron chi connectivity index (χ4n) is 2.60. The molecule has 0 radical (unpaired) electrons. The lowest BCUT2D eigenvalue weighted by Gasteiger charge is -2.27. The highest BCUT2D eigenvalue weighted by Crippen LogP contribution is 2.33. The predicted molar refractivity (Wildman–Crippen MR) is 86.4 cm³/mol. The number of hydrogen-bond acceptors (Lipinski definition) is 3. The van der Waals surface area contributed by atoms with Crippen LogP contribution >= 0.6 is 23.2 Å². The first kappa shape index (κ1) is 14.5. The molecule has 3 nitrogen and oxygen atoms in total. The van der Waals surface area contributed by atoms with E-state index in [4.69, 9.17) is 23.2 Å². The van der Waals surface area contributed by atoms with Crippen LogP contribution in [0.3, 0.4) is 0 Å². The van der Waals surface area contributed by atoms with Crippen LogP contribution in [-0.4, -0.2) is 16.7 Å². The van der Waals surface area contributed by atoms with Crippen molar-refractivity contribution in [3.05, 3.63) is 63.4 Å². The molecule has 1 unspecified atom stereocenters. The summed E-state index contributed by atoms with van der Waals surface area (Å²) >= 11 is 11.9. The molecular weight excluding hydrogens is 305 g/mol. The van der Waals surface area contributed by atoms with Gasteiger partial charge >= 0.3 is 0 Å². The standard InChI is InChI=1S/C16H15Cl2N3/c1-10-9-19-15(14-5-6-16(18)21-20-14)8-13(10)11-3-2-4-12(17)7-11/h2-7,15,19H,8-9H2,1H3. The Morgan fingerprint density at radius 2 is 2.00 bits per heavy atom. The van der Waals surface area contributed by atoms with Gasteiger partial charge in [0, 0.05) is 11.6 Å². The van der Waals surface area contributed by atoms with Gasteiger partial charge in [-0.1, -0.05) is 40.9 Å². The molecule has 5 heteroatoms. The Balaban J connectivity index is 1.89. The van der Waals surface area contributed by atoms with Crippen molar-refractivity contribution < 1.29 is 0 Å². The molecule has 0 fully saturated rings. The number of nitrogens with zero attached hydrogens (tertiary/aromatic N) is 2. The van der Waals surface area contributed by atoms with Crippen LogP contribution < -0.4 is 5.32 Å². The Hall–Kier alpha value is -1.42. The Labute approximate surface area is 134 Å². The minimum absolute atomic E-state index is 0.146. The van der Waals surface area contributed by atoms with Gasteiger partial charge in [-0.25, -0.2) is 0 Å². The lowest BCUT2D eigenvalue weighted by atomic mass is 9.90. The van der Waals surface area contributed by atoms with Crippen molar-refractivity contribution in [3.63, 3.8) is 0 Å². The van der Waals surface area contributed by atoms with Crippen LogP contribution in [0.15, 0.2) is 42.0 Å². The number of aromatic nitrogens is 2. The number of halogens is 2. The van der Waals surface area contributed by atoms with E-state index in [0.717, 1.165) is 23.7 Å². The molecule has 0 amide bonds. The highest BCUT2D eigenvalue weighted by Gasteiger charge is 2.22. The summed E-state index contributed by atoms with van der Waals surface area (Å²) in [7, 11) is 0. The number of hydrogen-bond donors (Lipinski definition) is 1. The normalized spacial score (nSPS) is 18.9. The largest absolute Gasteiger partial charge is 0.305 e. The summed E-state index contributed by atoms with van der Waals surface area (Å²) in [5.74, 6) is 0. The molecule has 0 bridgehead atoms. The van der Waals surface area contributed by atoms with Crippen molar-refractivity contribution in [1.82, 2.24) is 15.5 Å². The lowest BCUT2D eigenvalue weighted by Crippen LogP contribution is -2.29. The van der Waals surface area contributed by atoms with Crippen LogP contribution in [-0.2, 0) is 0 Å². The van der Waals surface area contributed by atoms with Gasteiger partial charge in [-0.05, 0) is 48.7 Å². The van der Waals surface area contributed by atoms with Crippen LogP contribution in [0.4, 0.5) is 0 Å². The summed E-state index contributed by atoms with van der Waals surface area (Å²) in [4.78, 5) is 0. The monoisotopic (exact) mass is 319 g/mol. The molecule has 1 aromatic carbocycles. The zero-order valence-electron chi connectivity index (χ0n) is 11.6. The summed E-state index contributed by atoms with van der Waals surface area (Å²) < 4.78 is 0. The molecule has 1 atom stereocenters. The molecule has 0 saturated heterocycles. The van der Waals surface area contributed by atoms with E-state index in [0.29, 0.717) is 5.15 Å². The molecule has 1 aliphatic heterocycles. The van der Waals surface area contributed by atoms with Gasteiger partial charge in [-0.15, -0.1) is 5.10 Å². The Bertz CT molecular complexity index is 680. The first-order valence-electron chi connectivity index (χ1n) is 6.80. The fraction of sp³-hybridized carbons (Fsp3) is 0.250. The number of rotatable bonds is 2. The summed E-state index contributed by atoms with van der Waals surface area (Å²) in [5, 5.41) is 12.8. The van der Waals surface area contributed by atoms with E-state index in [1.807, 2.05) is 24.3 Å². The SMILES string of the molecule is CC1=C(c2cccc(Cl)c2)CC(c2ccc(Cl)nn2)NC1. The second-order valence-electron chi connectivity index (χ2n) is 5.19. The highest BCUT2D eigenvalue weighted by atomic mass is 35.5. The zero-order chi connectivity index (χ0) is 14.8. The van der Waals surface area contributed by atoms with Gasteiger partial charge < -0.3 is 5.32 Å². The Morgan fingerprint density at radius 1 is 1.14 bits per heavy atom. The van der Waals surface area contributed by atoms with Crippen LogP contribution in [0.2, 0.25) is 10.2 Å². The molecule has 21 heavy (non-hydrogen) atoms. The Morgan fingerprint density at radius 3 is 2.71 bits per heavy atom. The van der Waals surface area contributed by atoms with Crippen LogP contribution in [0.25, 0.3) is 5.57 Å². The average molecular weight is 320 g/mol. The molecule has 0 saturated carbocycles. The molecule has 2 aromatic rings. The first-order chi connectivity index (χ1) is 10.1. The summed E-state index contributed by atoms with van der Waals surface area (Å²) in [5.41, 5.74) is 4.73. The third-order valence-electron chi connectivity index (χ3n) is 3.72. The molecule has 3 rings (SSSR count). The topological polar surface area (TPSA) is 37.8 Å². The second-order valence-corrected chi connectivity index (χ2v) is 6.01. The second kappa shape index (κ2) is 6.14. The molecule has 1 aromatic heterocycles. The van der Waals surface area contributed by atoms with Crippen molar-refractivity contribution in [2.24, 2.45) is 0 Å². The maximum absolute atomic E-state index is 6.11. The smallest absolute Gasteiger partial charge is 0.151 e. The molecule has 1 N–H and O–H groups in total. The van der Waals surface area contributed by atoms with Gasteiger partial charge in [-0.2, -0.15) is 5.10 Å². The van der Waals surface area contributed by atoms with Crippen molar-refractivity contribution >= 4 is 28.8 Å². The number of benzene rings is 1. The third kappa shape index (κ3) is 3.26. The fourth-order valence-corrected chi connectivity index (χ4v) is 2.89. The van der Waals surface area contributed by atoms with Crippen molar-refractivity contribution in [2.45, 2.75) is 19.4 Å². The molecular formula is C16H15Cl2N3. The van der Waals surface area contributed by atoms with Crippen LogP contribution in [0.1, 0.15) is 30.6 Å². The van der Waals surface area contributed by atoms with E-state index in [1.165, 1.54) is 16.7 Å². The maximum Gasteiger partial charge on any atom is 0.151 e. The Kier molecular flexibility index (Phi) is 4.24. The molecule has 108 valence electrons. The van der Waals surface area contributed by atoms with Gasteiger partial charge in [0.05, 0.1) is 11.7 Å². The quantitative estimate of drug-likeness (QED) is 0.897. The van der Waals surface area contributed by atoms with E-state index in [9.17, 15) is 0 Å². The van der Waals surface area contributed by atoms with Gasteiger partial charge in [0.25, 0.3) is 0 Å². The highest BCUT2D eigenvalue weighted by molar-refractivity contribution is 6.30. The van der Waals surface area contributed by atoms with Gasteiger partial charge in [-0.3, -0.25) is 0 Å². The van der Waals surface area contributed by atoms with E-state index in [1.54, 1.807) is 6.07 Å². The summed E-state index contributed by atoms with van der Waals surface area (Å²) in [6.45, 7) is 2.98. The third-order valence-corrected chi connectivity index (χ3v) is 4.16. The van der Waals surface area contributed by atoms with Gasteiger partial charge in [0.2, 0.25) is 0 Å². The van der Waals surface area contributed by atoms with E-state index >= 15 is 0 Å². The van der Waals surface area contributed by atoms with Crippen molar-refractivity contribution in [3.8, 4) is 0 Å². The zero-order valence-corrected chi connectivity index (χ0v) is 13.1. The van der Waals surface area contributed by atoms with Gasteiger partial charge in [0.1, 0.15) is 0 Å². The van der Waals surface area contributed by atoms with Crippen LogP contribution in [0.5, 0.6) is 0 Å². The molecule has 2 heterocycles.